The highest BCUT2D eigenvalue weighted by molar-refractivity contribution is 5.94. The van der Waals surface area contributed by atoms with Gasteiger partial charge >= 0.3 is 0 Å². The van der Waals surface area contributed by atoms with Crippen LogP contribution in [-0.2, 0) is 20.2 Å². The Morgan fingerprint density at radius 1 is 1.04 bits per heavy atom. The topological polar surface area (TPSA) is 65.4 Å². The lowest BCUT2D eigenvalue weighted by molar-refractivity contribution is 0.0950. The smallest absolute Gasteiger partial charge is 0.251 e. The molecule has 0 atom stereocenters. The van der Waals surface area contributed by atoms with Gasteiger partial charge in [-0.15, -0.1) is 0 Å². The van der Waals surface area contributed by atoms with E-state index in [9.17, 15) is 4.79 Å². The third-order valence-electron chi connectivity index (χ3n) is 4.03. The lowest BCUT2D eigenvalue weighted by Gasteiger charge is -2.09. The SMILES string of the molecule is COc1ccc(OCc2ccc(C(=O)NCc3ccnn3C)cc2)cc1. The van der Waals surface area contributed by atoms with Crippen molar-refractivity contribution >= 4 is 5.91 Å². The summed E-state index contributed by atoms with van der Waals surface area (Å²) in [5.41, 5.74) is 2.55. The highest BCUT2D eigenvalue weighted by atomic mass is 16.5. The van der Waals surface area contributed by atoms with Gasteiger partial charge in [-0.3, -0.25) is 9.48 Å². The van der Waals surface area contributed by atoms with Crippen LogP contribution in [0.3, 0.4) is 0 Å². The van der Waals surface area contributed by atoms with Gasteiger partial charge in [0, 0.05) is 18.8 Å². The van der Waals surface area contributed by atoms with Gasteiger partial charge in [0.05, 0.1) is 19.3 Å². The summed E-state index contributed by atoms with van der Waals surface area (Å²) in [6, 6.07) is 16.7. The molecule has 0 aliphatic heterocycles. The van der Waals surface area contributed by atoms with Gasteiger partial charge in [-0.2, -0.15) is 5.10 Å². The molecular weight excluding hydrogens is 330 g/mol. The molecule has 0 radical (unpaired) electrons. The van der Waals surface area contributed by atoms with Crippen molar-refractivity contribution in [3.63, 3.8) is 0 Å². The Balaban J connectivity index is 1.52. The van der Waals surface area contributed by atoms with E-state index in [1.165, 1.54) is 0 Å². The number of hydrogen-bond donors (Lipinski definition) is 1. The predicted octanol–water partition coefficient (Wildman–Crippen LogP) is 2.94. The number of methoxy groups -OCH3 is 1. The fraction of sp³-hybridized carbons (Fsp3) is 0.200. The Hall–Kier alpha value is -3.28. The van der Waals surface area contributed by atoms with Gasteiger partial charge in [-0.05, 0) is 48.0 Å². The zero-order valence-electron chi connectivity index (χ0n) is 14.8. The van der Waals surface area contributed by atoms with E-state index in [2.05, 4.69) is 10.4 Å². The molecule has 0 spiro atoms. The summed E-state index contributed by atoms with van der Waals surface area (Å²) in [6.45, 7) is 0.876. The van der Waals surface area contributed by atoms with Gasteiger partial charge in [0.15, 0.2) is 0 Å². The molecule has 1 heterocycles. The third-order valence-corrected chi connectivity index (χ3v) is 4.03. The molecule has 1 N–H and O–H groups in total. The number of carbonyl (C=O) groups is 1. The molecule has 6 nitrogen and oxygen atoms in total. The molecule has 0 bridgehead atoms. The Morgan fingerprint density at radius 3 is 2.35 bits per heavy atom. The van der Waals surface area contributed by atoms with Crippen LogP contribution in [0.5, 0.6) is 11.5 Å². The number of aromatic nitrogens is 2. The Morgan fingerprint density at radius 2 is 1.73 bits per heavy atom. The molecule has 1 amide bonds. The molecule has 3 rings (SSSR count). The summed E-state index contributed by atoms with van der Waals surface area (Å²) < 4.78 is 12.6. The number of benzene rings is 2. The number of amides is 1. The fourth-order valence-electron chi connectivity index (χ4n) is 2.44. The number of carbonyl (C=O) groups excluding carboxylic acids is 1. The van der Waals surface area contributed by atoms with E-state index in [4.69, 9.17) is 9.47 Å². The molecule has 0 aliphatic carbocycles. The standard InChI is InChI=1S/C20H21N3O3/c1-23-17(11-12-22-23)13-21-20(24)16-5-3-15(4-6-16)14-26-19-9-7-18(25-2)8-10-19/h3-12H,13-14H2,1-2H3,(H,21,24). The molecule has 134 valence electrons. The Labute approximate surface area is 152 Å². The number of ether oxygens (including phenoxy) is 2. The van der Waals surface area contributed by atoms with Crippen LogP contribution in [-0.4, -0.2) is 22.8 Å². The number of aryl methyl sites for hydroxylation is 1. The lowest BCUT2D eigenvalue weighted by Crippen LogP contribution is -2.24. The number of nitrogens with one attached hydrogen (secondary N) is 1. The molecule has 3 aromatic rings. The molecular formula is C20H21N3O3. The first kappa shape index (κ1) is 17.5. The van der Waals surface area contributed by atoms with Gasteiger partial charge in [-0.25, -0.2) is 0 Å². The van der Waals surface area contributed by atoms with Gasteiger partial charge in [0.1, 0.15) is 18.1 Å². The molecule has 0 saturated carbocycles. The monoisotopic (exact) mass is 351 g/mol. The molecule has 26 heavy (non-hydrogen) atoms. The van der Waals surface area contributed by atoms with Crippen LogP contribution in [0.25, 0.3) is 0 Å². The van der Waals surface area contributed by atoms with E-state index in [0.717, 1.165) is 22.8 Å². The van der Waals surface area contributed by atoms with Crippen molar-refractivity contribution in [2.24, 2.45) is 7.05 Å². The van der Waals surface area contributed by atoms with Gasteiger partial charge in [0.2, 0.25) is 0 Å². The van der Waals surface area contributed by atoms with Crippen molar-refractivity contribution in [2.45, 2.75) is 13.2 Å². The van der Waals surface area contributed by atoms with E-state index in [1.807, 2.05) is 49.5 Å². The Bertz CT molecular complexity index is 855. The zero-order valence-corrected chi connectivity index (χ0v) is 14.8. The average molecular weight is 351 g/mol. The second-order valence-electron chi connectivity index (χ2n) is 5.79. The van der Waals surface area contributed by atoms with Crippen molar-refractivity contribution < 1.29 is 14.3 Å². The summed E-state index contributed by atoms with van der Waals surface area (Å²) in [5.74, 6) is 1.44. The number of nitrogens with zero attached hydrogens (tertiary/aromatic N) is 2. The minimum atomic E-state index is -0.117. The summed E-state index contributed by atoms with van der Waals surface area (Å²) in [6.07, 6.45) is 1.71. The summed E-state index contributed by atoms with van der Waals surface area (Å²) in [5, 5.41) is 6.97. The van der Waals surface area contributed by atoms with E-state index >= 15 is 0 Å². The van der Waals surface area contributed by atoms with Crippen LogP contribution in [0.2, 0.25) is 0 Å². The van der Waals surface area contributed by atoms with Crippen LogP contribution < -0.4 is 14.8 Å². The summed E-state index contributed by atoms with van der Waals surface area (Å²) in [7, 11) is 3.48. The molecule has 0 saturated heterocycles. The number of rotatable bonds is 7. The predicted molar refractivity (Wildman–Crippen MR) is 98.1 cm³/mol. The lowest BCUT2D eigenvalue weighted by atomic mass is 10.1. The minimum Gasteiger partial charge on any atom is -0.497 e. The summed E-state index contributed by atoms with van der Waals surface area (Å²) in [4.78, 5) is 12.2. The molecule has 6 heteroatoms. The van der Waals surface area contributed by atoms with Gasteiger partial charge < -0.3 is 14.8 Å². The van der Waals surface area contributed by atoms with Crippen LogP contribution in [0.15, 0.2) is 60.8 Å². The normalized spacial score (nSPS) is 10.4. The second-order valence-corrected chi connectivity index (χ2v) is 5.79. The van der Waals surface area contributed by atoms with E-state index in [1.54, 1.807) is 30.1 Å². The third kappa shape index (κ3) is 4.42. The van der Waals surface area contributed by atoms with E-state index in [0.29, 0.717) is 18.7 Å². The molecule has 2 aromatic carbocycles. The second kappa shape index (κ2) is 8.20. The van der Waals surface area contributed by atoms with Crippen LogP contribution in [0, 0.1) is 0 Å². The van der Waals surface area contributed by atoms with E-state index < -0.39 is 0 Å². The molecule has 0 aliphatic rings. The average Bonchev–Trinajstić information content (AvgIpc) is 3.10. The minimum absolute atomic E-state index is 0.117. The zero-order chi connectivity index (χ0) is 18.4. The van der Waals surface area contributed by atoms with Crippen molar-refractivity contribution in [1.82, 2.24) is 15.1 Å². The first-order chi connectivity index (χ1) is 12.7. The van der Waals surface area contributed by atoms with Crippen LogP contribution >= 0.6 is 0 Å². The van der Waals surface area contributed by atoms with Crippen LogP contribution in [0.4, 0.5) is 0 Å². The van der Waals surface area contributed by atoms with Gasteiger partial charge in [0.25, 0.3) is 5.91 Å². The van der Waals surface area contributed by atoms with Crippen LogP contribution in [0.1, 0.15) is 21.6 Å². The Kier molecular flexibility index (Phi) is 5.53. The van der Waals surface area contributed by atoms with E-state index in [-0.39, 0.29) is 5.91 Å². The highest BCUT2D eigenvalue weighted by Crippen LogP contribution is 2.18. The number of hydrogen-bond acceptors (Lipinski definition) is 4. The van der Waals surface area contributed by atoms with Gasteiger partial charge in [-0.1, -0.05) is 12.1 Å². The molecule has 0 unspecified atom stereocenters. The first-order valence-electron chi connectivity index (χ1n) is 8.26. The molecule has 1 aromatic heterocycles. The maximum absolute atomic E-state index is 12.2. The first-order valence-corrected chi connectivity index (χ1v) is 8.26. The maximum atomic E-state index is 12.2. The molecule has 0 fully saturated rings. The van der Waals surface area contributed by atoms with Crippen molar-refractivity contribution in [2.75, 3.05) is 7.11 Å². The van der Waals surface area contributed by atoms with Crippen molar-refractivity contribution in [1.29, 1.82) is 0 Å². The largest absolute Gasteiger partial charge is 0.497 e. The fourth-order valence-corrected chi connectivity index (χ4v) is 2.44. The highest BCUT2D eigenvalue weighted by Gasteiger charge is 2.07. The summed E-state index contributed by atoms with van der Waals surface area (Å²) >= 11 is 0. The van der Waals surface area contributed by atoms with Crippen molar-refractivity contribution in [3.8, 4) is 11.5 Å². The van der Waals surface area contributed by atoms with Crippen molar-refractivity contribution in [3.05, 3.63) is 77.6 Å². The quantitative estimate of drug-likeness (QED) is 0.711. The maximum Gasteiger partial charge on any atom is 0.251 e.